The second-order valence-corrected chi connectivity index (χ2v) is 4.48. The Bertz CT molecular complexity index is 425. The molecule has 1 N–H and O–H groups in total. The van der Waals surface area contributed by atoms with Crippen LogP contribution in [0.3, 0.4) is 0 Å². The van der Waals surface area contributed by atoms with Crippen molar-refractivity contribution >= 4 is 0 Å². The van der Waals surface area contributed by atoms with E-state index in [9.17, 15) is 5.11 Å². The van der Waals surface area contributed by atoms with Crippen molar-refractivity contribution in [1.82, 2.24) is 4.90 Å². The van der Waals surface area contributed by atoms with Gasteiger partial charge in [-0.3, -0.25) is 0 Å². The van der Waals surface area contributed by atoms with Crippen molar-refractivity contribution in [3.05, 3.63) is 35.2 Å². The Labute approximate surface area is 106 Å². The predicted molar refractivity (Wildman–Crippen MR) is 64.0 cm³/mol. The van der Waals surface area contributed by atoms with Gasteiger partial charge in [-0.2, -0.15) is 4.89 Å². The molecule has 3 aliphatic heterocycles. The van der Waals surface area contributed by atoms with Gasteiger partial charge in [0.1, 0.15) is 6.10 Å². The molecule has 0 aromatic rings. The molecule has 2 atom stereocenters. The van der Waals surface area contributed by atoms with E-state index in [0.717, 1.165) is 29.8 Å². The molecule has 3 rings (SSSR count). The first kappa shape index (κ1) is 11.9. The quantitative estimate of drug-likeness (QED) is 0.601. The molecule has 0 spiro atoms. The third-order valence-corrected chi connectivity index (χ3v) is 3.28. The number of rotatable bonds is 3. The van der Waals surface area contributed by atoms with Gasteiger partial charge in [-0.15, -0.1) is 0 Å². The van der Waals surface area contributed by atoms with E-state index >= 15 is 0 Å². The molecule has 0 aliphatic carbocycles. The standard InChI is InChI=1S/C13H17NO4/c1-2-17-18-13-11-7-14-5-3-4-9(14)6-10(11)12(15)8-16-13/h4,6-7,12-13,15H,2-3,5,8H2,1H3. The van der Waals surface area contributed by atoms with Crippen LogP contribution in [0.4, 0.5) is 0 Å². The molecule has 5 heteroatoms. The van der Waals surface area contributed by atoms with E-state index in [1.165, 1.54) is 0 Å². The first-order chi connectivity index (χ1) is 8.79. The first-order valence-electron chi connectivity index (χ1n) is 6.28. The zero-order valence-corrected chi connectivity index (χ0v) is 10.3. The number of aliphatic hydroxyl groups excluding tert-OH is 1. The SMILES string of the molecule is CCOOC1OCC(O)C2=CC3=CCCN3C=C21. The highest BCUT2D eigenvalue weighted by Crippen LogP contribution is 2.35. The van der Waals surface area contributed by atoms with Crippen LogP contribution in [-0.4, -0.2) is 42.2 Å². The van der Waals surface area contributed by atoms with Crippen LogP contribution in [0.1, 0.15) is 13.3 Å². The van der Waals surface area contributed by atoms with Crippen molar-refractivity contribution < 1.29 is 19.6 Å². The largest absolute Gasteiger partial charge is 0.386 e. The van der Waals surface area contributed by atoms with Crippen molar-refractivity contribution in [2.45, 2.75) is 25.7 Å². The molecule has 0 bridgehead atoms. The second kappa shape index (κ2) is 4.85. The fourth-order valence-corrected chi connectivity index (χ4v) is 2.42. The maximum atomic E-state index is 9.99. The summed E-state index contributed by atoms with van der Waals surface area (Å²) in [5.74, 6) is 0. The second-order valence-electron chi connectivity index (χ2n) is 4.48. The number of hydrogen-bond donors (Lipinski definition) is 1. The van der Waals surface area contributed by atoms with Crippen LogP contribution in [-0.2, 0) is 14.5 Å². The Kier molecular flexibility index (Phi) is 3.22. The molecule has 0 aromatic carbocycles. The van der Waals surface area contributed by atoms with E-state index in [4.69, 9.17) is 14.5 Å². The molecule has 0 amide bonds. The molecular weight excluding hydrogens is 234 g/mol. The summed E-state index contributed by atoms with van der Waals surface area (Å²) in [6.45, 7) is 3.50. The number of fused-ring (bicyclic) bond motifs is 2. The normalized spacial score (nSPS) is 30.3. The summed E-state index contributed by atoms with van der Waals surface area (Å²) in [5.41, 5.74) is 2.86. The lowest BCUT2D eigenvalue weighted by molar-refractivity contribution is -0.369. The third kappa shape index (κ3) is 1.99. The van der Waals surface area contributed by atoms with E-state index in [1.807, 2.05) is 19.2 Å². The van der Waals surface area contributed by atoms with Crippen LogP contribution in [0.25, 0.3) is 0 Å². The lowest BCUT2D eigenvalue weighted by Gasteiger charge is -2.35. The minimum atomic E-state index is -0.596. The van der Waals surface area contributed by atoms with Gasteiger partial charge in [-0.1, -0.05) is 6.08 Å². The predicted octanol–water partition coefficient (Wildman–Crippen LogP) is 1.09. The average Bonchev–Trinajstić information content (AvgIpc) is 2.83. The molecule has 5 nitrogen and oxygen atoms in total. The average molecular weight is 251 g/mol. The molecule has 3 aliphatic rings. The maximum absolute atomic E-state index is 9.99. The number of ether oxygens (including phenoxy) is 1. The Morgan fingerprint density at radius 1 is 1.50 bits per heavy atom. The Hall–Kier alpha value is -1.14. The maximum Gasteiger partial charge on any atom is 0.219 e. The zero-order valence-electron chi connectivity index (χ0n) is 10.3. The number of nitrogens with zero attached hydrogens (tertiary/aromatic N) is 1. The first-order valence-corrected chi connectivity index (χ1v) is 6.28. The fourth-order valence-electron chi connectivity index (χ4n) is 2.42. The van der Waals surface area contributed by atoms with Gasteiger partial charge in [0.05, 0.1) is 13.2 Å². The van der Waals surface area contributed by atoms with E-state index in [1.54, 1.807) is 0 Å². The van der Waals surface area contributed by atoms with Crippen molar-refractivity contribution in [1.29, 1.82) is 0 Å². The minimum Gasteiger partial charge on any atom is -0.386 e. The summed E-state index contributed by atoms with van der Waals surface area (Å²) in [6, 6.07) is 0. The molecular formula is C13H17NO4. The van der Waals surface area contributed by atoms with E-state index in [-0.39, 0.29) is 6.61 Å². The van der Waals surface area contributed by atoms with Gasteiger partial charge in [0, 0.05) is 24.0 Å². The summed E-state index contributed by atoms with van der Waals surface area (Å²) < 4.78 is 5.46. The van der Waals surface area contributed by atoms with Gasteiger partial charge in [0.15, 0.2) is 0 Å². The van der Waals surface area contributed by atoms with Gasteiger partial charge < -0.3 is 14.7 Å². The zero-order chi connectivity index (χ0) is 12.5. The Morgan fingerprint density at radius 2 is 2.39 bits per heavy atom. The van der Waals surface area contributed by atoms with Crippen LogP contribution in [0.2, 0.25) is 0 Å². The summed E-state index contributed by atoms with van der Waals surface area (Å²) in [4.78, 5) is 12.3. The number of hydrogen-bond acceptors (Lipinski definition) is 5. The molecule has 18 heavy (non-hydrogen) atoms. The lowest BCUT2D eigenvalue weighted by atomic mass is 9.95. The highest BCUT2D eigenvalue weighted by molar-refractivity contribution is 5.47. The van der Waals surface area contributed by atoms with E-state index < -0.39 is 12.4 Å². The molecule has 0 aromatic heterocycles. The van der Waals surface area contributed by atoms with Gasteiger partial charge in [-0.05, 0) is 25.0 Å². The van der Waals surface area contributed by atoms with Crippen molar-refractivity contribution in [3.8, 4) is 0 Å². The smallest absolute Gasteiger partial charge is 0.219 e. The minimum absolute atomic E-state index is 0.230. The fraction of sp³-hybridized carbons (Fsp3) is 0.538. The molecule has 98 valence electrons. The van der Waals surface area contributed by atoms with E-state index in [0.29, 0.717) is 6.61 Å². The highest BCUT2D eigenvalue weighted by atomic mass is 17.2. The van der Waals surface area contributed by atoms with Gasteiger partial charge in [-0.25, -0.2) is 4.89 Å². The highest BCUT2D eigenvalue weighted by Gasteiger charge is 2.35. The van der Waals surface area contributed by atoms with E-state index in [2.05, 4.69) is 11.0 Å². The topological polar surface area (TPSA) is 51.2 Å². The van der Waals surface area contributed by atoms with Gasteiger partial charge >= 0.3 is 0 Å². The van der Waals surface area contributed by atoms with Crippen LogP contribution in [0.15, 0.2) is 35.2 Å². The summed E-state index contributed by atoms with van der Waals surface area (Å²) in [7, 11) is 0. The summed E-state index contributed by atoms with van der Waals surface area (Å²) in [6.07, 6.45) is 6.04. The summed E-state index contributed by atoms with van der Waals surface area (Å²) in [5, 5.41) is 9.99. The molecule has 1 saturated heterocycles. The molecule has 3 heterocycles. The van der Waals surface area contributed by atoms with Crippen LogP contribution >= 0.6 is 0 Å². The Morgan fingerprint density at radius 3 is 3.22 bits per heavy atom. The Balaban J connectivity index is 1.87. The summed E-state index contributed by atoms with van der Waals surface area (Å²) >= 11 is 0. The number of aliphatic hydroxyl groups is 1. The van der Waals surface area contributed by atoms with Gasteiger partial charge in [0.2, 0.25) is 6.29 Å². The van der Waals surface area contributed by atoms with Crippen molar-refractivity contribution in [2.75, 3.05) is 19.8 Å². The van der Waals surface area contributed by atoms with Crippen LogP contribution < -0.4 is 0 Å². The molecule has 0 saturated carbocycles. The monoisotopic (exact) mass is 251 g/mol. The van der Waals surface area contributed by atoms with Crippen LogP contribution in [0.5, 0.6) is 0 Å². The number of allylic oxidation sites excluding steroid dienone is 1. The van der Waals surface area contributed by atoms with Gasteiger partial charge in [0.25, 0.3) is 0 Å². The molecule has 0 radical (unpaired) electrons. The van der Waals surface area contributed by atoms with Crippen molar-refractivity contribution in [2.24, 2.45) is 0 Å². The van der Waals surface area contributed by atoms with Crippen molar-refractivity contribution in [3.63, 3.8) is 0 Å². The third-order valence-electron chi connectivity index (χ3n) is 3.28. The lowest BCUT2D eigenvalue weighted by Crippen LogP contribution is -2.38. The molecule has 1 fully saturated rings. The van der Waals surface area contributed by atoms with Crippen LogP contribution in [0, 0.1) is 0 Å². The molecule has 2 unspecified atom stereocenters.